The molecule has 2 N–H and O–H groups in total. The molecule has 0 aliphatic rings. The summed E-state index contributed by atoms with van der Waals surface area (Å²) >= 11 is 2.94. The number of rotatable bonds is 1. The molecule has 4 heteroatoms. The van der Waals surface area contributed by atoms with Gasteiger partial charge in [0.1, 0.15) is 5.69 Å². The Hall–Kier alpha value is -1.29. The van der Waals surface area contributed by atoms with Crippen LogP contribution in [0.25, 0.3) is 10.9 Å². The number of aromatic nitrogens is 1. The molecule has 0 bridgehead atoms. The predicted molar refractivity (Wildman–Crippen MR) is 60.1 cm³/mol. The lowest BCUT2D eigenvalue weighted by molar-refractivity contribution is 0.0691. The Balaban J connectivity index is 0.000000461. The van der Waals surface area contributed by atoms with Crippen molar-refractivity contribution in [3.05, 3.63) is 36.0 Å². The first-order chi connectivity index (χ1) is 6.77. The van der Waals surface area contributed by atoms with Crippen molar-refractivity contribution in [3.63, 3.8) is 0 Å². The van der Waals surface area contributed by atoms with Gasteiger partial charge in [0.15, 0.2) is 0 Å². The molecule has 0 aliphatic heterocycles. The van der Waals surface area contributed by atoms with E-state index < -0.39 is 5.97 Å². The van der Waals surface area contributed by atoms with Crippen LogP contribution < -0.4 is 0 Å². The van der Waals surface area contributed by atoms with Crippen molar-refractivity contribution in [2.24, 2.45) is 0 Å². The second-order valence-corrected chi connectivity index (χ2v) is 2.58. The van der Waals surface area contributed by atoms with Crippen molar-refractivity contribution in [1.29, 1.82) is 0 Å². The molecule has 14 heavy (non-hydrogen) atoms. The second-order valence-electron chi connectivity index (χ2n) is 2.58. The van der Waals surface area contributed by atoms with Gasteiger partial charge < -0.3 is 10.1 Å². The Morgan fingerprint density at radius 3 is 2.57 bits per heavy atom. The number of carboxylic acid groups (broad SMARTS) is 1. The molecule has 1 aromatic carbocycles. The van der Waals surface area contributed by atoms with Crippen molar-refractivity contribution in [2.75, 3.05) is 5.83 Å². The summed E-state index contributed by atoms with van der Waals surface area (Å²) in [5.74, 6) is 0.888. The zero-order valence-corrected chi connectivity index (χ0v) is 9.21. The summed E-state index contributed by atoms with van der Waals surface area (Å²) in [7, 11) is 0. The first-order valence-electron chi connectivity index (χ1n) is 3.96. The number of alkyl halides is 1. The lowest BCUT2D eigenvalue weighted by atomic mass is 10.2. The highest BCUT2D eigenvalue weighted by molar-refractivity contribution is 9.08. The fourth-order valence-corrected chi connectivity index (χ4v) is 1.19. The van der Waals surface area contributed by atoms with E-state index in [9.17, 15) is 4.79 Å². The van der Waals surface area contributed by atoms with Gasteiger partial charge in [-0.2, -0.15) is 0 Å². The van der Waals surface area contributed by atoms with Gasteiger partial charge in [0, 0.05) is 10.9 Å². The number of aromatic carboxylic acids is 1. The molecule has 0 radical (unpaired) electrons. The number of carbonyl (C=O) groups is 1. The van der Waals surface area contributed by atoms with E-state index in [2.05, 4.69) is 20.9 Å². The number of para-hydroxylation sites is 1. The molecule has 0 unspecified atom stereocenters. The van der Waals surface area contributed by atoms with E-state index in [1.807, 2.05) is 30.1 Å². The smallest absolute Gasteiger partial charge is 0.352 e. The van der Waals surface area contributed by atoms with Gasteiger partial charge in [-0.25, -0.2) is 4.79 Å². The highest BCUT2D eigenvalue weighted by atomic mass is 79.9. The van der Waals surface area contributed by atoms with Crippen LogP contribution in [0, 0.1) is 0 Å². The molecule has 2 rings (SSSR count). The van der Waals surface area contributed by atoms with Gasteiger partial charge in [0.25, 0.3) is 0 Å². The molecule has 3 nitrogen and oxygen atoms in total. The van der Waals surface area contributed by atoms with Crippen LogP contribution in [-0.2, 0) is 0 Å². The Morgan fingerprint density at radius 1 is 1.36 bits per heavy atom. The maximum absolute atomic E-state index is 10.5. The summed E-state index contributed by atoms with van der Waals surface area (Å²) in [6, 6.07) is 9.09. The molecule has 2 aromatic rings. The summed E-state index contributed by atoms with van der Waals surface area (Å²) in [6.07, 6.45) is 0. The molecular formula is C10H10BrNO2. The van der Waals surface area contributed by atoms with E-state index in [1.165, 1.54) is 0 Å². The minimum atomic E-state index is -0.925. The van der Waals surface area contributed by atoms with Gasteiger partial charge in [0.05, 0.1) is 0 Å². The van der Waals surface area contributed by atoms with E-state index in [4.69, 9.17) is 5.11 Å². The molecule has 0 amide bonds. The van der Waals surface area contributed by atoms with Crippen molar-refractivity contribution >= 4 is 32.8 Å². The van der Waals surface area contributed by atoms with Gasteiger partial charge in [0.2, 0.25) is 0 Å². The number of H-pyrrole nitrogens is 1. The lowest BCUT2D eigenvalue weighted by Crippen LogP contribution is -1.94. The number of benzene rings is 1. The third-order valence-electron chi connectivity index (χ3n) is 1.76. The van der Waals surface area contributed by atoms with Crippen LogP contribution in [0.4, 0.5) is 0 Å². The largest absolute Gasteiger partial charge is 0.477 e. The van der Waals surface area contributed by atoms with E-state index in [0.29, 0.717) is 0 Å². The van der Waals surface area contributed by atoms with Gasteiger partial charge >= 0.3 is 5.97 Å². The fourth-order valence-electron chi connectivity index (χ4n) is 1.19. The second kappa shape index (κ2) is 4.81. The summed E-state index contributed by atoms with van der Waals surface area (Å²) in [6.45, 7) is 0. The first kappa shape index (κ1) is 10.8. The molecule has 0 saturated heterocycles. The zero-order valence-electron chi connectivity index (χ0n) is 7.62. The highest BCUT2D eigenvalue weighted by Crippen LogP contribution is 2.13. The predicted octanol–water partition coefficient (Wildman–Crippen LogP) is 2.88. The van der Waals surface area contributed by atoms with Crippen LogP contribution in [0.3, 0.4) is 0 Å². The first-order valence-corrected chi connectivity index (χ1v) is 5.55. The lowest BCUT2D eigenvalue weighted by Gasteiger charge is -1.84. The summed E-state index contributed by atoms with van der Waals surface area (Å²) in [4.78, 5) is 13.3. The SMILES string of the molecule is CBr.O=C(O)c1cc2ccccc2[nH]1. The van der Waals surface area contributed by atoms with Crippen LogP contribution >= 0.6 is 15.9 Å². The van der Waals surface area contributed by atoms with E-state index in [0.717, 1.165) is 10.9 Å². The van der Waals surface area contributed by atoms with Crippen LogP contribution in [0.2, 0.25) is 0 Å². The Bertz CT molecular complexity index is 403. The highest BCUT2D eigenvalue weighted by Gasteiger charge is 2.05. The molecule has 0 fully saturated rings. The minimum Gasteiger partial charge on any atom is -0.477 e. The van der Waals surface area contributed by atoms with Crippen molar-refractivity contribution in [3.8, 4) is 0 Å². The standard InChI is InChI=1S/C9H7NO2.CH3Br/c11-9(12)8-5-6-3-1-2-4-7(6)10-8;1-2/h1-5,10H,(H,11,12);1H3. The molecule has 0 atom stereocenters. The molecule has 74 valence electrons. The monoisotopic (exact) mass is 255 g/mol. The van der Waals surface area contributed by atoms with Crippen LogP contribution in [0.1, 0.15) is 10.5 Å². The number of aromatic amines is 1. The summed E-state index contributed by atoms with van der Waals surface area (Å²) in [5, 5.41) is 9.58. The maximum atomic E-state index is 10.5. The summed E-state index contributed by atoms with van der Waals surface area (Å²) < 4.78 is 0. The van der Waals surface area contributed by atoms with Gasteiger partial charge in [-0.05, 0) is 18.0 Å². The zero-order chi connectivity index (χ0) is 10.6. The van der Waals surface area contributed by atoms with Crippen molar-refractivity contribution < 1.29 is 9.90 Å². The van der Waals surface area contributed by atoms with Crippen molar-refractivity contribution in [2.45, 2.75) is 0 Å². The molecule has 0 spiro atoms. The number of halogens is 1. The quantitative estimate of drug-likeness (QED) is 0.771. The molecule has 1 aromatic heterocycles. The number of carboxylic acids is 1. The van der Waals surface area contributed by atoms with Crippen molar-refractivity contribution in [1.82, 2.24) is 4.98 Å². The minimum absolute atomic E-state index is 0.233. The Morgan fingerprint density at radius 2 is 2.00 bits per heavy atom. The van der Waals surface area contributed by atoms with E-state index in [-0.39, 0.29) is 5.69 Å². The van der Waals surface area contributed by atoms with Crippen LogP contribution in [-0.4, -0.2) is 21.9 Å². The average molecular weight is 256 g/mol. The molecule has 0 aliphatic carbocycles. The van der Waals surface area contributed by atoms with Gasteiger partial charge in [-0.15, -0.1) is 0 Å². The summed E-state index contributed by atoms with van der Waals surface area (Å²) in [5.41, 5.74) is 1.09. The molecule has 1 heterocycles. The number of fused-ring (bicyclic) bond motifs is 1. The molecular weight excluding hydrogens is 246 g/mol. The van der Waals surface area contributed by atoms with E-state index >= 15 is 0 Å². The molecule has 0 saturated carbocycles. The third-order valence-corrected chi connectivity index (χ3v) is 1.76. The number of nitrogens with one attached hydrogen (secondary N) is 1. The van der Waals surface area contributed by atoms with Gasteiger partial charge in [-0.1, -0.05) is 34.1 Å². The number of hydrogen-bond donors (Lipinski definition) is 2. The average Bonchev–Trinajstić information content (AvgIpc) is 2.64. The maximum Gasteiger partial charge on any atom is 0.352 e. The van der Waals surface area contributed by atoms with Crippen LogP contribution in [0.5, 0.6) is 0 Å². The van der Waals surface area contributed by atoms with E-state index in [1.54, 1.807) is 6.07 Å². The topological polar surface area (TPSA) is 53.1 Å². The third kappa shape index (κ3) is 2.14. The number of hydrogen-bond acceptors (Lipinski definition) is 1. The Labute approximate surface area is 89.9 Å². The fraction of sp³-hybridized carbons (Fsp3) is 0.100. The van der Waals surface area contributed by atoms with Gasteiger partial charge in [-0.3, -0.25) is 0 Å². The van der Waals surface area contributed by atoms with Crippen LogP contribution in [0.15, 0.2) is 30.3 Å². The normalized spacial score (nSPS) is 9.29. The Kier molecular flexibility index (Phi) is 3.71.